The Hall–Kier alpha value is 0.730. The van der Waals surface area contributed by atoms with E-state index in [1.54, 1.807) is 0 Å². The Labute approximate surface area is 68.8 Å². The van der Waals surface area contributed by atoms with Gasteiger partial charge >= 0.3 is 6.16 Å². The van der Waals surface area contributed by atoms with Gasteiger partial charge in [-0.05, 0) is 0 Å². The lowest BCUT2D eigenvalue weighted by Gasteiger charge is -1.60. The number of hydrogen-bond acceptors (Lipinski definition) is 1. The molecule has 0 saturated heterocycles. The first-order valence-corrected chi connectivity index (χ1v) is 0.651. The maximum atomic E-state index is 8.56. The van der Waals surface area contributed by atoms with Crippen LogP contribution in [0.25, 0.3) is 0 Å². The summed E-state index contributed by atoms with van der Waals surface area (Å²) in [6.07, 6.45) is -1.83. The molecule has 0 amide bonds. The van der Waals surface area contributed by atoms with Crippen molar-refractivity contribution >= 4 is 54.1 Å². The fourth-order valence-electron chi connectivity index (χ4n) is 0. The van der Waals surface area contributed by atoms with Crippen molar-refractivity contribution in [3.8, 4) is 0 Å². The SMILES string of the molecule is I.I.O=C(O)O. The number of hydrogen-bond donors (Lipinski definition) is 2. The van der Waals surface area contributed by atoms with Crippen molar-refractivity contribution < 1.29 is 15.0 Å². The molecule has 3 nitrogen and oxygen atoms in total. The average molecular weight is 318 g/mol. The van der Waals surface area contributed by atoms with Crippen LogP contribution in [0.3, 0.4) is 0 Å². The molecule has 0 heterocycles. The summed E-state index contributed by atoms with van der Waals surface area (Å²) < 4.78 is 0. The second kappa shape index (κ2) is 9.21. The minimum Gasteiger partial charge on any atom is -0.450 e. The van der Waals surface area contributed by atoms with Gasteiger partial charge < -0.3 is 10.2 Å². The van der Waals surface area contributed by atoms with Crippen LogP contribution in [-0.2, 0) is 0 Å². The number of carbonyl (C=O) groups is 1. The summed E-state index contributed by atoms with van der Waals surface area (Å²) in [6.45, 7) is 0. The predicted octanol–water partition coefficient (Wildman–Crippen LogP) is 1.46. The molecular formula is CH4I2O3. The summed E-state index contributed by atoms with van der Waals surface area (Å²) in [5.74, 6) is 0. The van der Waals surface area contributed by atoms with Crippen LogP contribution in [0.2, 0.25) is 0 Å². The monoisotopic (exact) mass is 318 g/mol. The van der Waals surface area contributed by atoms with Crippen LogP contribution in [0, 0.1) is 0 Å². The van der Waals surface area contributed by atoms with Gasteiger partial charge in [0.05, 0.1) is 0 Å². The van der Waals surface area contributed by atoms with Gasteiger partial charge in [0.25, 0.3) is 0 Å². The normalized spacial score (nSPS) is 4.00. The molecule has 0 saturated carbocycles. The molecule has 2 N–H and O–H groups in total. The van der Waals surface area contributed by atoms with Crippen LogP contribution in [-0.4, -0.2) is 16.4 Å². The van der Waals surface area contributed by atoms with E-state index in [9.17, 15) is 0 Å². The summed E-state index contributed by atoms with van der Waals surface area (Å²) in [5, 5.41) is 13.9. The van der Waals surface area contributed by atoms with Crippen LogP contribution in [0.5, 0.6) is 0 Å². The van der Waals surface area contributed by atoms with E-state index in [0.717, 1.165) is 0 Å². The van der Waals surface area contributed by atoms with Crippen LogP contribution >= 0.6 is 48.0 Å². The minimum absolute atomic E-state index is 0. The van der Waals surface area contributed by atoms with Crippen molar-refractivity contribution in [3.63, 3.8) is 0 Å². The van der Waals surface area contributed by atoms with E-state index < -0.39 is 6.16 Å². The van der Waals surface area contributed by atoms with E-state index in [0.29, 0.717) is 0 Å². The Morgan fingerprint density at radius 1 is 1.17 bits per heavy atom. The van der Waals surface area contributed by atoms with E-state index in [2.05, 4.69) is 0 Å². The second-order valence-electron chi connectivity index (χ2n) is 0.283. The zero-order valence-corrected chi connectivity index (χ0v) is 7.28. The lowest BCUT2D eigenvalue weighted by atomic mass is 11.5. The highest BCUT2D eigenvalue weighted by atomic mass is 127. The quantitative estimate of drug-likeness (QED) is 0.665. The Morgan fingerprint density at radius 2 is 1.17 bits per heavy atom. The maximum Gasteiger partial charge on any atom is 0.503 e. The Kier molecular flexibility index (Phi) is 24.4. The first kappa shape index (κ1) is 15.9. The van der Waals surface area contributed by atoms with Gasteiger partial charge in [-0.2, -0.15) is 0 Å². The largest absolute Gasteiger partial charge is 0.503 e. The summed E-state index contributed by atoms with van der Waals surface area (Å²) in [4.78, 5) is 8.56. The third-order valence-electron chi connectivity index (χ3n) is 0. The molecule has 0 atom stereocenters. The van der Waals surface area contributed by atoms with Crippen LogP contribution in [0.1, 0.15) is 0 Å². The highest BCUT2D eigenvalue weighted by Crippen LogP contribution is 1.42. The molecule has 0 aromatic carbocycles. The molecular weight excluding hydrogens is 314 g/mol. The van der Waals surface area contributed by atoms with Crippen LogP contribution in [0.15, 0.2) is 0 Å². The Morgan fingerprint density at radius 3 is 1.17 bits per heavy atom. The third kappa shape index (κ3) is 123. The predicted molar refractivity (Wildman–Crippen MR) is 41.5 cm³/mol. The molecule has 0 aliphatic carbocycles. The smallest absolute Gasteiger partial charge is 0.450 e. The van der Waals surface area contributed by atoms with E-state index in [4.69, 9.17) is 15.0 Å². The molecule has 0 spiro atoms. The fourth-order valence-corrected chi connectivity index (χ4v) is 0. The highest BCUT2D eigenvalue weighted by molar-refractivity contribution is 14.0. The Balaban J connectivity index is -0.0000000450. The van der Waals surface area contributed by atoms with Crippen LogP contribution < -0.4 is 0 Å². The summed E-state index contributed by atoms with van der Waals surface area (Å²) in [5.41, 5.74) is 0. The molecule has 40 valence electrons. The van der Waals surface area contributed by atoms with Gasteiger partial charge in [-0.3, -0.25) is 0 Å². The first-order valence-electron chi connectivity index (χ1n) is 0.651. The molecule has 0 bridgehead atoms. The topological polar surface area (TPSA) is 57.5 Å². The molecule has 0 aliphatic rings. The standard InChI is InChI=1S/CH2O3.2HI/c2-1(3)4;;/h(H2,2,3,4);2*1H. The van der Waals surface area contributed by atoms with Crippen molar-refractivity contribution in [2.24, 2.45) is 0 Å². The van der Waals surface area contributed by atoms with Gasteiger partial charge in [0.15, 0.2) is 0 Å². The highest BCUT2D eigenvalue weighted by Gasteiger charge is 1.70. The maximum absolute atomic E-state index is 8.56. The minimum atomic E-state index is -1.83. The lowest BCUT2D eigenvalue weighted by Crippen LogP contribution is -1.81. The van der Waals surface area contributed by atoms with Crippen molar-refractivity contribution in [1.82, 2.24) is 0 Å². The summed E-state index contributed by atoms with van der Waals surface area (Å²) >= 11 is 0. The zero-order valence-electron chi connectivity index (χ0n) is 2.62. The summed E-state index contributed by atoms with van der Waals surface area (Å²) in [6, 6.07) is 0. The summed E-state index contributed by atoms with van der Waals surface area (Å²) in [7, 11) is 0. The molecule has 0 aromatic heterocycles. The molecule has 0 radical (unpaired) electrons. The van der Waals surface area contributed by atoms with Gasteiger partial charge in [-0.1, -0.05) is 0 Å². The van der Waals surface area contributed by atoms with Crippen molar-refractivity contribution in [1.29, 1.82) is 0 Å². The molecule has 0 aromatic rings. The van der Waals surface area contributed by atoms with Gasteiger partial charge in [0.1, 0.15) is 0 Å². The van der Waals surface area contributed by atoms with Crippen molar-refractivity contribution in [2.75, 3.05) is 0 Å². The first-order chi connectivity index (χ1) is 1.73. The Bertz CT molecular complexity index is 31.8. The number of carboxylic acid groups (broad SMARTS) is 2. The second-order valence-corrected chi connectivity index (χ2v) is 0.283. The third-order valence-corrected chi connectivity index (χ3v) is 0. The van der Waals surface area contributed by atoms with E-state index in [-0.39, 0.29) is 48.0 Å². The van der Waals surface area contributed by atoms with Gasteiger partial charge in [-0.25, -0.2) is 4.79 Å². The van der Waals surface area contributed by atoms with E-state index >= 15 is 0 Å². The molecule has 0 aliphatic heterocycles. The average Bonchev–Trinajstić information content (AvgIpc) is 0.811. The molecule has 0 rings (SSSR count). The molecule has 6 heavy (non-hydrogen) atoms. The molecule has 0 unspecified atom stereocenters. The molecule has 5 heteroatoms. The van der Waals surface area contributed by atoms with Gasteiger partial charge in [0, 0.05) is 0 Å². The zero-order chi connectivity index (χ0) is 3.58. The van der Waals surface area contributed by atoms with Gasteiger partial charge in [-0.15, -0.1) is 48.0 Å². The van der Waals surface area contributed by atoms with E-state index in [1.807, 2.05) is 0 Å². The van der Waals surface area contributed by atoms with Gasteiger partial charge in [0.2, 0.25) is 0 Å². The number of rotatable bonds is 0. The van der Waals surface area contributed by atoms with E-state index in [1.165, 1.54) is 0 Å². The molecule has 0 fully saturated rings. The van der Waals surface area contributed by atoms with Crippen LogP contribution in [0.4, 0.5) is 4.79 Å². The number of halogens is 2. The lowest BCUT2D eigenvalue weighted by molar-refractivity contribution is 0.137. The fraction of sp³-hybridized carbons (Fsp3) is 0. The van der Waals surface area contributed by atoms with Crippen molar-refractivity contribution in [3.05, 3.63) is 0 Å². The van der Waals surface area contributed by atoms with Crippen molar-refractivity contribution in [2.45, 2.75) is 0 Å².